The lowest BCUT2D eigenvalue weighted by Gasteiger charge is -2.33. The second-order valence-electron chi connectivity index (χ2n) is 6.95. The average Bonchev–Trinajstić information content (AvgIpc) is 2.75. The van der Waals surface area contributed by atoms with Crippen LogP contribution in [-0.4, -0.2) is 45.4 Å². The number of anilines is 1. The number of aryl methyl sites for hydroxylation is 1. The fourth-order valence-electron chi connectivity index (χ4n) is 3.51. The van der Waals surface area contributed by atoms with Gasteiger partial charge in [-0.05, 0) is 43.5 Å². The average molecular weight is 419 g/mol. The van der Waals surface area contributed by atoms with Crippen LogP contribution in [0.2, 0.25) is 0 Å². The molecule has 8 heteroatoms. The SMILES string of the molecule is COc1cc(C)c(NC(=O)C2CCCCN2S(=O)(=O)c2ccccc2)cc1OC. The van der Waals surface area contributed by atoms with Gasteiger partial charge >= 0.3 is 0 Å². The summed E-state index contributed by atoms with van der Waals surface area (Å²) in [5, 5.41) is 2.88. The molecule has 3 rings (SSSR count). The van der Waals surface area contributed by atoms with E-state index in [9.17, 15) is 13.2 Å². The smallest absolute Gasteiger partial charge is 0.243 e. The molecule has 1 atom stereocenters. The Balaban J connectivity index is 1.88. The zero-order chi connectivity index (χ0) is 21.0. The Morgan fingerprint density at radius 3 is 2.38 bits per heavy atom. The molecule has 2 aromatic carbocycles. The van der Waals surface area contributed by atoms with Crippen LogP contribution in [0.1, 0.15) is 24.8 Å². The molecule has 29 heavy (non-hydrogen) atoms. The third-order valence-electron chi connectivity index (χ3n) is 5.09. The quantitative estimate of drug-likeness (QED) is 0.779. The van der Waals surface area contributed by atoms with E-state index in [2.05, 4.69) is 5.32 Å². The molecule has 156 valence electrons. The molecule has 1 unspecified atom stereocenters. The van der Waals surface area contributed by atoms with Crippen LogP contribution >= 0.6 is 0 Å². The summed E-state index contributed by atoms with van der Waals surface area (Å²) in [6.07, 6.45) is 2.00. The van der Waals surface area contributed by atoms with Crippen LogP contribution in [0.4, 0.5) is 5.69 Å². The third-order valence-corrected chi connectivity index (χ3v) is 7.02. The highest BCUT2D eigenvalue weighted by atomic mass is 32.2. The molecule has 1 amide bonds. The van der Waals surface area contributed by atoms with E-state index in [0.717, 1.165) is 18.4 Å². The number of piperidine rings is 1. The van der Waals surface area contributed by atoms with Gasteiger partial charge in [-0.2, -0.15) is 4.31 Å². The number of nitrogens with one attached hydrogen (secondary N) is 1. The fraction of sp³-hybridized carbons (Fsp3) is 0.381. The van der Waals surface area contributed by atoms with E-state index in [-0.39, 0.29) is 10.8 Å². The summed E-state index contributed by atoms with van der Waals surface area (Å²) in [5.74, 6) is 0.708. The standard InChI is InChI=1S/C21H26N2O5S/c1-15-13-19(27-2)20(28-3)14-17(15)22-21(24)18-11-7-8-12-23(18)29(25,26)16-9-5-4-6-10-16/h4-6,9-10,13-14,18H,7-8,11-12H2,1-3H3,(H,22,24). The molecule has 1 aliphatic rings. The van der Waals surface area contributed by atoms with Crippen LogP contribution in [0.5, 0.6) is 11.5 Å². The van der Waals surface area contributed by atoms with Gasteiger partial charge in [-0.3, -0.25) is 4.79 Å². The summed E-state index contributed by atoms with van der Waals surface area (Å²) in [7, 11) is -0.687. The number of amides is 1. The van der Waals surface area contributed by atoms with Crippen LogP contribution < -0.4 is 14.8 Å². The number of sulfonamides is 1. The van der Waals surface area contributed by atoms with E-state index in [4.69, 9.17) is 9.47 Å². The summed E-state index contributed by atoms with van der Waals surface area (Å²) in [6, 6.07) is 10.9. The second kappa shape index (κ2) is 8.84. The first-order chi connectivity index (χ1) is 13.9. The van der Waals surface area contributed by atoms with Gasteiger partial charge in [0.25, 0.3) is 0 Å². The Labute approximate surface area is 171 Å². The van der Waals surface area contributed by atoms with Crippen LogP contribution in [-0.2, 0) is 14.8 Å². The number of methoxy groups -OCH3 is 2. The maximum atomic E-state index is 13.1. The minimum absolute atomic E-state index is 0.196. The Morgan fingerprint density at radius 2 is 1.72 bits per heavy atom. The predicted molar refractivity (Wildman–Crippen MR) is 111 cm³/mol. The van der Waals surface area contributed by atoms with E-state index in [0.29, 0.717) is 30.2 Å². The largest absolute Gasteiger partial charge is 0.493 e. The molecular weight excluding hydrogens is 392 g/mol. The summed E-state index contributed by atoms with van der Waals surface area (Å²) in [5.41, 5.74) is 1.36. The van der Waals surface area contributed by atoms with Crippen molar-refractivity contribution in [1.82, 2.24) is 4.31 Å². The number of hydrogen-bond acceptors (Lipinski definition) is 5. The first-order valence-corrected chi connectivity index (χ1v) is 10.9. The van der Waals surface area contributed by atoms with Crippen molar-refractivity contribution in [2.45, 2.75) is 37.1 Å². The fourth-order valence-corrected chi connectivity index (χ4v) is 5.19. The van der Waals surface area contributed by atoms with E-state index in [1.165, 1.54) is 11.4 Å². The van der Waals surface area contributed by atoms with Crippen molar-refractivity contribution in [3.05, 3.63) is 48.0 Å². The number of nitrogens with zero attached hydrogens (tertiary/aromatic N) is 1. The van der Waals surface area contributed by atoms with Crippen molar-refractivity contribution in [1.29, 1.82) is 0 Å². The van der Waals surface area contributed by atoms with Gasteiger partial charge < -0.3 is 14.8 Å². The Kier molecular flexibility index (Phi) is 6.44. The van der Waals surface area contributed by atoms with E-state index < -0.39 is 16.1 Å². The molecule has 0 radical (unpaired) electrons. The lowest BCUT2D eigenvalue weighted by molar-refractivity contribution is -0.120. The van der Waals surface area contributed by atoms with E-state index in [1.54, 1.807) is 49.6 Å². The molecule has 0 saturated carbocycles. The molecule has 1 aliphatic heterocycles. The van der Waals surface area contributed by atoms with Crippen LogP contribution in [0.25, 0.3) is 0 Å². The molecule has 1 fully saturated rings. The highest BCUT2D eigenvalue weighted by Gasteiger charge is 2.37. The molecule has 0 aliphatic carbocycles. The van der Waals surface area contributed by atoms with Crippen LogP contribution in [0.3, 0.4) is 0 Å². The molecule has 0 aromatic heterocycles. The first-order valence-electron chi connectivity index (χ1n) is 9.49. The van der Waals surface area contributed by atoms with Crippen LogP contribution in [0, 0.1) is 6.92 Å². The molecule has 0 spiro atoms. The molecule has 1 heterocycles. The minimum atomic E-state index is -3.75. The maximum Gasteiger partial charge on any atom is 0.243 e. The zero-order valence-electron chi connectivity index (χ0n) is 16.8. The molecule has 7 nitrogen and oxygen atoms in total. The van der Waals surface area contributed by atoms with Crippen molar-refractivity contribution in [2.24, 2.45) is 0 Å². The monoisotopic (exact) mass is 418 g/mol. The van der Waals surface area contributed by atoms with Gasteiger partial charge in [-0.25, -0.2) is 8.42 Å². The number of ether oxygens (including phenoxy) is 2. The van der Waals surface area contributed by atoms with Gasteiger partial charge in [0.1, 0.15) is 6.04 Å². The maximum absolute atomic E-state index is 13.1. The number of hydrogen-bond donors (Lipinski definition) is 1. The predicted octanol–water partition coefficient (Wildman–Crippen LogP) is 3.19. The van der Waals surface area contributed by atoms with Crippen molar-refractivity contribution in [3.8, 4) is 11.5 Å². The number of carbonyl (C=O) groups excluding carboxylic acids is 1. The zero-order valence-corrected chi connectivity index (χ0v) is 17.7. The lowest BCUT2D eigenvalue weighted by atomic mass is 10.0. The molecule has 1 N–H and O–H groups in total. The Morgan fingerprint density at radius 1 is 1.07 bits per heavy atom. The first kappa shape index (κ1) is 21.1. The lowest BCUT2D eigenvalue weighted by Crippen LogP contribution is -2.49. The topological polar surface area (TPSA) is 84.9 Å². The summed E-state index contributed by atoms with van der Waals surface area (Å²) in [6.45, 7) is 2.16. The van der Waals surface area contributed by atoms with Gasteiger partial charge in [-0.1, -0.05) is 24.6 Å². The summed E-state index contributed by atoms with van der Waals surface area (Å²) < 4.78 is 38.1. The summed E-state index contributed by atoms with van der Waals surface area (Å²) >= 11 is 0. The van der Waals surface area contributed by atoms with Gasteiger partial charge in [0.2, 0.25) is 15.9 Å². The third kappa shape index (κ3) is 4.38. The Hall–Kier alpha value is -2.58. The van der Waals surface area contributed by atoms with Crippen molar-refractivity contribution in [2.75, 3.05) is 26.1 Å². The van der Waals surface area contributed by atoms with Crippen molar-refractivity contribution in [3.63, 3.8) is 0 Å². The molecule has 0 bridgehead atoms. The highest BCUT2D eigenvalue weighted by molar-refractivity contribution is 7.89. The highest BCUT2D eigenvalue weighted by Crippen LogP contribution is 2.33. The normalized spacial score (nSPS) is 17.6. The Bertz CT molecular complexity index is 976. The van der Waals surface area contributed by atoms with Gasteiger partial charge in [-0.15, -0.1) is 0 Å². The summed E-state index contributed by atoms with van der Waals surface area (Å²) in [4.78, 5) is 13.3. The number of rotatable bonds is 6. The number of benzene rings is 2. The minimum Gasteiger partial charge on any atom is -0.493 e. The second-order valence-corrected chi connectivity index (χ2v) is 8.84. The van der Waals surface area contributed by atoms with Crippen LogP contribution in [0.15, 0.2) is 47.4 Å². The van der Waals surface area contributed by atoms with E-state index >= 15 is 0 Å². The van der Waals surface area contributed by atoms with E-state index in [1.807, 2.05) is 6.92 Å². The molecular formula is C21H26N2O5S. The van der Waals surface area contributed by atoms with Gasteiger partial charge in [0.05, 0.1) is 19.1 Å². The van der Waals surface area contributed by atoms with Crippen molar-refractivity contribution >= 4 is 21.6 Å². The number of carbonyl (C=O) groups is 1. The molecule has 2 aromatic rings. The molecule has 1 saturated heterocycles. The van der Waals surface area contributed by atoms with Gasteiger partial charge in [0.15, 0.2) is 11.5 Å². The van der Waals surface area contributed by atoms with Crippen molar-refractivity contribution < 1.29 is 22.7 Å². The van der Waals surface area contributed by atoms with Gasteiger partial charge in [0, 0.05) is 18.3 Å².